The van der Waals surface area contributed by atoms with E-state index in [-0.39, 0.29) is 12.3 Å². The summed E-state index contributed by atoms with van der Waals surface area (Å²) < 4.78 is 0. The SMILES string of the molecule is CC(=NOCC=Cc1cc(Cl)cc(Cl)c1)C(=O)O. The van der Waals surface area contributed by atoms with Gasteiger partial charge in [0.25, 0.3) is 0 Å². The molecule has 1 rings (SSSR count). The smallest absolute Gasteiger partial charge is 0.353 e. The zero-order chi connectivity index (χ0) is 13.5. The summed E-state index contributed by atoms with van der Waals surface area (Å²) >= 11 is 11.7. The van der Waals surface area contributed by atoms with Crippen LogP contribution in [0.3, 0.4) is 0 Å². The Kier molecular flexibility index (Phi) is 5.68. The molecule has 1 N–H and O–H groups in total. The molecule has 4 nitrogen and oxygen atoms in total. The van der Waals surface area contributed by atoms with Gasteiger partial charge in [0.1, 0.15) is 6.61 Å². The summed E-state index contributed by atoms with van der Waals surface area (Å²) in [4.78, 5) is 15.2. The third kappa shape index (κ3) is 5.21. The molecule has 0 saturated carbocycles. The Labute approximate surface area is 114 Å². The number of benzene rings is 1. The normalized spacial score (nSPS) is 11.8. The van der Waals surface area contributed by atoms with E-state index in [1.165, 1.54) is 6.92 Å². The van der Waals surface area contributed by atoms with Gasteiger partial charge in [0.2, 0.25) is 0 Å². The fraction of sp³-hybridized carbons (Fsp3) is 0.167. The first-order valence-electron chi connectivity index (χ1n) is 5.01. The van der Waals surface area contributed by atoms with E-state index in [0.29, 0.717) is 10.0 Å². The predicted octanol–water partition coefficient (Wildman–Crippen LogP) is 3.48. The van der Waals surface area contributed by atoms with E-state index in [9.17, 15) is 4.79 Å². The molecule has 18 heavy (non-hydrogen) atoms. The maximum atomic E-state index is 10.4. The van der Waals surface area contributed by atoms with Gasteiger partial charge in [-0.3, -0.25) is 0 Å². The highest BCUT2D eigenvalue weighted by molar-refractivity contribution is 6.35. The first-order chi connectivity index (χ1) is 8.49. The lowest BCUT2D eigenvalue weighted by Crippen LogP contribution is -2.08. The molecule has 1 aromatic rings. The lowest BCUT2D eigenvalue weighted by Gasteiger charge is -1.97. The van der Waals surface area contributed by atoms with Crippen LogP contribution in [0.25, 0.3) is 6.08 Å². The van der Waals surface area contributed by atoms with Gasteiger partial charge in [-0.25, -0.2) is 4.79 Å². The Bertz CT molecular complexity index is 478. The van der Waals surface area contributed by atoms with E-state index in [1.807, 2.05) is 0 Å². The first-order valence-corrected chi connectivity index (χ1v) is 5.77. The number of hydrogen-bond donors (Lipinski definition) is 1. The molecule has 1 aromatic carbocycles. The molecule has 0 bridgehead atoms. The Morgan fingerprint density at radius 1 is 1.39 bits per heavy atom. The molecule has 0 fully saturated rings. The van der Waals surface area contributed by atoms with E-state index in [0.717, 1.165) is 5.56 Å². The zero-order valence-electron chi connectivity index (χ0n) is 9.56. The number of carbonyl (C=O) groups is 1. The third-order valence-electron chi connectivity index (χ3n) is 1.88. The summed E-state index contributed by atoms with van der Waals surface area (Å²) in [6, 6.07) is 5.13. The zero-order valence-corrected chi connectivity index (χ0v) is 11.1. The van der Waals surface area contributed by atoms with Crippen LogP contribution in [0.4, 0.5) is 0 Å². The predicted molar refractivity (Wildman–Crippen MR) is 72.2 cm³/mol. The van der Waals surface area contributed by atoms with Crippen LogP contribution in [0.15, 0.2) is 29.4 Å². The Morgan fingerprint density at radius 3 is 2.56 bits per heavy atom. The molecular formula is C12H11Cl2NO3. The molecule has 0 saturated heterocycles. The quantitative estimate of drug-likeness (QED) is 0.512. The van der Waals surface area contributed by atoms with Crippen molar-refractivity contribution in [2.45, 2.75) is 6.92 Å². The minimum atomic E-state index is -1.11. The molecule has 0 aliphatic rings. The van der Waals surface area contributed by atoms with Crippen LogP contribution in [-0.2, 0) is 9.63 Å². The van der Waals surface area contributed by atoms with Crippen LogP contribution in [0.5, 0.6) is 0 Å². The van der Waals surface area contributed by atoms with E-state index in [1.54, 1.807) is 30.4 Å². The molecule has 0 amide bonds. The highest BCUT2D eigenvalue weighted by atomic mass is 35.5. The molecule has 0 heterocycles. The summed E-state index contributed by atoms with van der Waals surface area (Å²) in [6.45, 7) is 1.51. The van der Waals surface area contributed by atoms with Gasteiger partial charge in [-0.15, -0.1) is 0 Å². The minimum absolute atomic E-state index is 0.103. The van der Waals surface area contributed by atoms with E-state index < -0.39 is 5.97 Å². The van der Waals surface area contributed by atoms with Crippen molar-refractivity contribution in [2.75, 3.05) is 6.61 Å². The average molecular weight is 288 g/mol. The number of halogens is 2. The third-order valence-corrected chi connectivity index (χ3v) is 2.31. The fourth-order valence-electron chi connectivity index (χ4n) is 1.07. The van der Waals surface area contributed by atoms with Crippen LogP contribution in [-0.4, -0.2) is 23.4 Å². The van der Waals surface area contributed by atoms with Crippen LogP contribution in [0.1, 0.15) is 12.5 Å². The largest absolute Gasteiger partial charge is 0.477 e. The highest BCUT2D eigenvalue weighted by Crippen LogP contribution is 2.19. The molecule has 0 atom stereocenters. The van der Waals surface area contributed by atoms with Gasteiger partial charge in [0.05, 0.1) is 0 Å². The molecule has 0 aliphatic heterocycles. The average Bonchev–Trinajstić information content (AvgIpc) is 2.26. The number of carboxylic acid groups (broad SMARTS) is 1. The number of carboxylic acids is 1. The highest BCUT2D eigenvalue weighted by Gasteiger charge is 2.00. The topological polar surface area (TPSA) is 58.9 Å². The summed E-state index contributed by atoms with van der Waals surface area (Å²) in [6.07, 6.45) is 3.43. The number of nitrogens with zero attached hydrogens (tertiary/aromatic N) is 1. The van der Waals surface area contributed by atoms with Gasteiger partial charge in [-0.1, -0.05) is 34.4 Å². The van der Waals surface area contributed by atoms with Crippen LogP contribution < -0.4 is 0 Å². The number of hydrogen-bond acceptors (Lipinski definition) is 3. The van der Waals surface area contributed by atoms with Crippen molar-refractivity contribution in [1.82, 2.24) is 0 Å². The fourth-order valence-corrected chi connectivity index (χ4v) is 1.61. The summed E-state index contributed by atoms with van der Waals surface area (Å²) in [5.74, 6) is -1.11. The maximum Gasteiger partial charge on any atom is 0.353 e. The van der Waals surface area contributed by atoms with Crippen LogP contribution in [0, 0.1) is 0 Å². The van der Waals surface area contributed by atoms with Crippen LogP contribution in [0.2, 0.25) is 10.0 Å². The van der Waals surface area contributed by atoms with Crippen molar-refractivity contribution in [1.29, 1.82) is 0 Å². The first kappa shape index (κ1) is 14.5. The second kappa shape index (κ2) is 7.03. The number of oxime groups is 1. The molecule has 0 spiro atoms. The van der Waals surface area contributed by atoms with Crippen molar-refractivity contribution in [3.05, 3.63) is 39.9 Å². The van der Waals surface area contributed by atoms with Gasteiger partial charge in [0, 0.05) is 10.0 Å². The van der Waals surface area contributed by atoms with Crippen LogP contribution >= 0.6 is 23.2 Å². The number of aliphatic carboxylic acids is 1. The molecule has 96 valence electrons. The lowest BCUT2D eigenvalue weighted by molar-refractivity contribution is -0.129. The van der Waals surface area contributed by atoms with Crippen molar-refractivity contribution >= 4 is 41.0 Å². The molecular weight excluding hydrogens is 277 g/mol. The number of rotatable bonds is 5. The van der Waals surface area contributed by atoms with Gasteiger partial charge >= 0.3 is 5.97 Å². The minimum Gasteiger partial charge on any atom is -0.477 e. The Morgan fingerprint density at radius 2 is 2.00 bits per heavy atom. The molecule has 0 aromatic heterocycles. The van der Waals surface area contributed by atoms with E-state index in [2.05, 4.69) is 5.16 Å². The second-order valence-electron chi connectivity index (χ2n) is 3.38. The van der Waals surface area contributed by atoms with Gasteiger partial charge in [0.15, 0.2) is 5.71 Å². The van der Waals surface area contributed by atoms with Crippen molar-refractivity contribution in [2.24, 2.45) is 5.16 Å². The van der Waals surface area contributed by atoms with Gasteiger partial charge in [-0.05, 0) is 36.8 Å². The Balaban J connectivity index is 2.51. The molecule has 0 radical (unpaired) electrons. The summed E-state index contributed by atoms with van der Waals surface area (Å²) in [5, 5.41) is 13.0. The van der Waals surface area contributed by atoms with Gasteiger partial charge in [-0.2, -0.15) is 0 Å². The maximum absolute atomic E-state index is 10.4. The summed E-state index contributed by atoms with van der Waals surface area (Å²) in [5.41, 5.74) is 0.726. The van der Waals surface area contributed by atoms with Crippen molar-refractivity contribution in [3.8, 4) is 0 Å². The summed E-state index contributed by atoms with van der Waals surface area (Å²) in [7, 11) is 0. The lowest BCUT2D eigenvalue weighted by atomic mass is 10.2. The van der Waals surface area contributed by atoms with Crippen molar-refractivity contribution in [3.63, 3.8) is 0 Å². The standard InChI is InChI=1S/C12H11Cl2NO3/c1-8(12(16)17)15-18-4-2-3-9-5-10(13)7-11(14)6-9/h2-3,5-7H,4H2,1H3,(H,16,17). The van der Waals surface area contributed by atoms with E-state index in [4.69, 9.17) is 33.1 Å². The monoisotopic (exact) mass is 287 g/mol. The second-order valence-corrected chi connectivity index (χ2v) is 4.26. The van der Waals surface area contributed by atoms with E-state index >= 15 is 0 Å². The Hall–Kier alpha value is -1.52. The molecule has 0 aliphatic carbocycles. The molecule has 6 heteroatoms. The molecule has 0 unspecified atom stereocenters. The van der Waals surface area contributed by atoms with Gasteiger partial charge < -0.3 is 9.94 Å². The van der Waals surface area contributed by atoms with Crippen molar-refractivity contribution < 1.29 is 14.7 Å².